The van der Waals surface area contributed by atoms with Gasteiger partial charge in [0.1, 0.15) is 0 Å². The lowest BCUT2D eigenvalue weighted by Gasteiger charge is -2.13. The molecule has 0 fully saturated rings. The summed E-state index contributed by atoms with van der Waals surface area (Å²) in [5.41, 5.74) is 5.82. The molecule has 0 aliphatic rings. The van der Waals surface area contributed by atoms with Crippen molar-refractivity contribution in [3.8, 4) is 0 Å². The molecule has 0 aliphatic heterocycles. The SMILES string of the molecule is CC(C)C[C@H](N)C(=O)Nc1ccn(CCN(C)C)n1. The summed E-state index contributed by atoms with van der Waals surface area (Å²) >= 11 is 0. The third-order valence-corrected chi connectivity index (χ3v) is 2.73. The highest BCUT2D eigenvalue weighted by molar-refractivity contribution is 5.93. The molecule has 0 aliphatic carbocycles. The average Bonchev–Trinajstić information content (AvgIpc) is 2.73. The molecule has 1 heterocycles. The molecule has 3 N–H and O–H groups in total. The van der Waals surface area contributed by atoms with Crippen LogP contribution in [-0.2, 0) is 11.3 Å². The van der Waals surface area contributed by atoms with E-state index in [0.29, 0.717) is 18.2 Å². The molecule has 1 aromatic heterocycles. The van der Waals surface area contributed by atoms with Crippen LogP contribution in [0.25, 0.3) is 0 Å². The Morgan fingerprint density at radius 2 is 2.21 bits per heavy atom. The molecule has 0 radical (unpaired) electrons. The van der Waals surface area contributed by atoms with Crippen LogP contribution in [0.5, 0.6) is 0 Å². The second kappa shape index (κ2) is 7.25. The van der Waals surface area contributed by atoms with Gasteiger partial charge in [-0.3, -0.25) is 9.48 Å². The standard InChI is InChI=1S/C13H25N5O/c1-10(2)9-11(14)13(19)15-12-5-6-18(16-12)8-7-17(3)4/h5-6,10-11H,7-9,14H2,1-4H3,(H,15,16,19)/t11-/m0/s1. The number of nitrogens with zero attached hydrogens (tertiary/aromatic N) is 3. The van der Waals surface area contributed by atoms with Gasteiger partial charge in [0, 0.05) is 18.8 Å². The van der Waals surface area contributed by atoms with Gasteiger partial charge in [-0.25, -0.2) is 0 Å². The molecule has 108 valence electrons. The van der Waals surface area contributed by atoms with Gasteiger partial charge < -0.3 is 16.0 Å². The Morgan fingerprint density at radius 1 is 1.53 bits per heavy atom. The second-order valence-electron chi connectivity index (χ2n) is 5.49. The molecule has 6 heteroatoms. The first-order valence-corrected chi connectivity index (χ1v) is 6.63. The fourth-order valence-corrected chi connectivity index (χ4v) is 1.69. The van der Waals surface area contributed by atoms with Crippen LogP contribution < -0.4 is 11.1 Å². The van der Waals surface area contributed by atoms with E-state index in [2.05, 4.69) is 15.3 Å². The number of amides is 1. The third-order valence-electron chi connectivity index (χ3n) is 2.73. The first-order chi connectivity index (χ1) is 8.88. The van der Waals surface area contributed by atoms with E-state index in [0.717, 1.165) is 13.1 Å². The lowest BCUT2D eigenvalue weighted by molar-refractivity contribution is -0.117. The van der Waals surface area contributed by atoms with Crippen LogP contribution in [-0.4, -0.2) is 47.3 Å². The van der Waals surface area contributed by atoms with Crippen molar-refractivity contribution < 1.29 is 4.79 Å². The fraction of sp³-hybridized carbons (Fsp3) is 0.692. The van der Waals surface area contributed by atoms with E-state index in [1.807, 2.05) is 38.8 Å². The van der Waals surface area contributed by atoms with E-state index >= 15 is 0 Å². The van der Waals surface area contributed by atoms with Crippen LogP contribution in [0.1, 0.15) is 20.3 Å². The summed E-state index contributed by atoms with van der Waals surface area (Å²) < 4.78 is 1.81. The van der Waals surface area contributed by atoms with E-state index in [1.54, 1.807) is 6.07 Å². The highest BCUT2D eigenvalue weighted by Crippen LogP contribution is 2.07. The van der Waals surface area contributed by atoms with Crippen LogP contribution in [0.15, 0.2) is 12.3 Å². The number of carbonyl (C=O) groups excluding carboxylic acids is 1. The first-order valence-electron chi connectivity index (χ1n) is 6.63. The Balaban J connectivity index is 2.46. The smallest absolute Gasteiger partial charge is 0.242 e. The van der Waals surface area contributed by atoms with Crippen LogP contribution in [0.3, 0.4) is 0 Å². The van der Waals surface area contributed by atoms with Gasteiger partial charge in [-0.05, 0) is 26.4 Å². The van der Waals surface area contributed by atoms with E-state index in [1.165, 1.54) is 0 Å². The summed E-state index contributed by atoms with van der Waals surface area (Å²) in [6.45, 7) is 5.79. The van der Waals surface area contributed by atoms with Gasteiger partial charge in [-0.2, -0.15) is 5.10 Å². The molecule has 0 saturated heterocycles. The molecule has 0 spiro atoms. The number of nitrogens with two attached hydrogens (primary N) is 1. The summed E-state index contributed by atoms with van der Waals surface area (Å²) in [4.78, 5) is 13.9. The molecule has 19 heavy (non-hydrogen) atoms. The molecule has 6 nitrogen and oxygen atoms in total. The van der Waals surface area contributed by atoms with Gasteiger partial charge in [0.15, 0.2) is 5.82 Å². The Hall–Kier alpha value is -1.40. The summed E-state index contributed by atoms with van der Waals surface area (Å²) in [5, 5.41) is 7.03. The highest BCUT2D eigenvalue weighted by atomic mass is 16.2. The Morgan fingerprint density at radius 3 is 2.79 bits per heavy atom. The fourth-order valence-electron chi connectivity index (χ4n) is 1.69. The Labute approximate surface area is 114 Å². The number of anilines is 1. The Bertz CT molecular complexity index is 399. The molecule has 1 amide bonds. The predicted octanol–water partition coefficient (Wildman–Crippen LogP) is 0.757. The van der Waals surface area contributed by atoms with E-state index < -0.39 is 6.04 Å². The monoisotopic (exact) mass is 267 g/mol. The maximum absolute atomic E-state index is 11.8. The van der Waals surface area contributed by atoms with E-state index in [9.17, 15) is 4.79 Å². The number of aromatic nitrogens is 2. The molecule has 0 bridgehead atoms. The number of likely N-dealkylation sites (N-methyl/N-ethyl adjacent to an activating group) is 1. The van der Waals surface area contributed by atoms with Crippen LogP contribution in [0.4, 0.5) is 5.82 Å². The summed E-state index contributed by atoms with van der Waals surface area (Å²) in [6, 6.07) is 1.31. The minimum atomic E-state index is -0.480. The zero-order valence-corrected chi connectivity index (χ0v) is 12.3. The third kappa shape index (κ3) is 5.85. The van der Waals surface area contributed by atoms with Crippen molar-refractivity contribution in [1.82, 2.24) is 14.7 Å². The summed E-state index contributed by atoms with van der Waals surface area (Å²) in [7, 11) is 4.02. The van der Waals surface area contributed by atoms with Crippen LogP contribution in [0.2, 0.25) is 0 Å². The molecule has 0 aromatic carbocycles. The normalized spacial score (nSPS) is 13.0. The van der Waals surface area contributed by atoms with Gasteiger partial charge in [0.2, 0.25) is 5.91 Å². The van der Waals surface area contributed by atoms with Gasteiger partial charge in [0.25, 0.3) is 0 Å². The summed E-state index contributed by atoms with van der Waals surface area (Å²) in [5.74, 6) is 0.785. The van der Waals surface area contributed by atoms with Crippen molar-refractivity contribution in [2.24, 2.45) is 11.7 Å². The quantitative estimate of drug-likeness (QED) is 0.764. The topological polar surface area (TPSA) is 76.2 Å². The van der Waals surface area contributed by atoms with Gasteiger partial charge >= 0.3 is 0 Å². The number of rotatable bonds is 7. The van der Waals surface area contributed by atoms with Crippen molar-refractivity contribution in [2.45, 2.75) is 32.9 Å². The molecular formula is C13H25N5O. The maximum Gasteiger partial charge on any atom is 0.242 e. The molecule has 0 saturated carbocycles. The lowest BCUT2D eigenvalue weighted by atomic mass is 10.0. The van der Waals surface area contributed by atoms with Gasteiger partial charge in [0.05, 0.1) is 12.6 Å². The minimum Gasteiger partial charge on any atom is -0.320 e. The number of hydrogen-bond acceptors (Lipinski definition) is 4. The summed E-state index contributed by atoms with van der Waals surface area (Å²) in [6.07, 6.45) is 2.53. The highest BCUT2D eigenvalue weighted by Gasteiger charge is 2.15. The molecule has 0 unspecified atom stereocenters. The molecule has 1 aromatic rings. The van der Waals surface area contributed by atoms with Crippen molar-refractivity contribution in [1.29, 1.82) is 0 Å². The van der Waals surface area contributed by atoms with Crippen molar-refractivity contribution in [2.75, 3.05) is 26.0 Å². The van der Waals surface area contributed by atoms with Crippen molar-refractivity contribution in [3.05, 3.63) is 12.3 Å². The van der Waals surface area contributed by atoms with Crippen molar-refractivity contribution >= 4 is 11.7 Å². The number of nitrogens with one attached hydrogen (secondary N) is 1. The van der Waals surface area contributed by atoms with E-state index in [4.69, 9.17) is 5.73 Å². The maximum atomic E-state index is 11.8. The molecule has 1 rings (SSSR count). The largest absolute Gasteiger partial charge is 0.320 e. The lowest BCUT2D eigenvalue weighted by Crippen LogP contribution is -2.36. The second-order valence-corrected chi connectivity index (χ2v) is 5.49. The molecular weight excluding hydrogens is 242 g/mol. The van der Waals surface area contributed by atoms with Gasteiger partial charge in [-0.1, -0.05) is 13.8 Å². The number of hydrogen-bond donors (Lipinski definition) is 2. The molecule has 1 atom stereocenters. The first kappa shape index (κ1) is 15.7. The zero-order valence-electron chi connectivity index (χ0n) is 12.3. The number of carbonyl (C=O) groups is 1. The van der Waals surface area contributed by atoms with Crippen molar-refractivity contribution in [3.63, 3.8) is 0 Å². The zero-order chi connectivity index (χ0) is 14.4. The Kier molecular flexibility index (Phi) is 5.98. The average molecular weight is 267 g/mol. The van der Waals surface area contributed by atoms with E-state index in [-0.39, 0.29) is 5.91 Å². The minimum absolute atomic E-state index is 0.174. The van der Waals surface area contributed by atoms with Crippen LogP contribution in [0, 0.1) is 5.92 Å². The van der Waals surface area contributed by atoms with Crippen LogP contribution >= 0.6 is 0 Å². The predicted molar refractivity (Wildman–Crippen MR) is 76.8 cm³/mol. The van der Waals surface area contributed by atoms with Gasteiger partial charge in [-0.15, -0.1) is 0 Å².